The van der Waals surface area contributed by atoms with E-state index >= 15 is 0 Å². The lowest BCUT2D eigenvalue weighted by Crippen LogP contribution is -2.38. The molecule has 0 bridgehead atoms. The zero-order valence-corrected chi connectivity index (χ0v) is 17.1. The van der Waals surface area contributed by atoms with Gasteiger partial charge in [0, 0.05) is 24.7 Å². The number of benzene rings is 1. The number of aryl methyl sites for hydroxylation is 1. The standard InChI is InChI=1S/C22H26N4O3/c1-14-18-12-20(28)26(13-16-7-9-17(29-3)10-8-16)22(18)24-21(23-14)19-6-4-5-11-25(19)15(2)27/h7-10,19H,4-6,11-13H2,1-3H3/t19-/m0/s1. The van der Waals surface area contributed by atoms with Crippen LogP contribution in [0.3, 0.4) is 0 Å². The summed E-state index contributed by atoms with van der Waals surface area (Å²) >= 11 is 0. The Labute approximate surface area is 170 Å². The van der Waals surface area contributed by atoms with Gasteiger partial charge in [-0.2, -0.15) is 0 Å². The van der Waals surface area contributed by atoms with Crippen molar-refractivity contribution in [3.8, 4) is 5.75 Å². The molecule has 3 heterocycles. The predicted molar refractivity (Wildman–Crippen MR) is 109 cm³/mol. The molecule has 0 radical (unpaired) electrons. The van der Waals surface area contributed by atoms with Crippen molar-refractivity contribution in [1.29, 1.82) is 0 Å². The summed E-state index contributed by atoms with van der Waals surface area (Å²) in [5.41, 5.74) is 2.72. The molecule has 2 aliphatic rings. The van der Waals surface area contributed by atoms with E-state index in [9.17, 15) is 9.59 Å². The zero-order valence-electron chi connectivity index (χ0n) is 17.1. The van der Waals surface area contributed by atoms with E-state index in [-0.39, 0.29) is 17.9 Å². The molecule has 4 rings (SSSR count). The molecule has 0 N–H and O–H groups in total. The summed E-state index contributed by atoms with van der Waals surface area (Å²) < 4.78 is 5.21. The van der Waals surface area contributed by atoms with Crippen LogP contribution >= 0.6 is 0 Å². The van der Waals surface area contributed by atoms with Crippen molar-refractivity contribution in [2.45, 2.75) is 52.1 Å². The molecule has 0 unspecified atom stereocenters. The number of anilines is 1. The average Bonchev–Trinajstić information content (AvgIpc) is 3.04. The molecule has 7 nitrogen and oxygen atoms in total. The van der Waals surface area contributed by atoms with Crippen LogP contribution in [-0.2, 0) is 22.6 Å². The molecule has 152 valence electrons. The lowest BCUT2D eigenvalue weighted by Gasteiger charge is -2.34. The quantitative estimate of drug-likeness (QED) is 0.797. The first-order valence-electron chi connectivity index (χ1n) is 10.1. The SMILES string of the molecule is COc1ccc(CN2C(=O)Cc3c(C)nc([C@@H]4CCCCN4C(C)=O)nc32)cc1. The Hall–Kier alpha value is -2.96. The number of carbonyl (C=O) groups is 2. The van der Waals surface area contributed by atoms with E-state index in [0.717, 1.165) is 48.4 Å². The maximum absolute atomic E-state index is 12.7. The van der Waals surface area contributed by atoms with E-state index in [1.807, 2.05) is 36.1 Å². The monoisotopic (exact) mass is 394 g/mol. The van der Waals surface area contributed by atoms with E-state index in [4.69, 9.17) is 14.7 Å². The number of hydrogen-bond donors (Lipinski definition) is 0. The number of rotatable bonds is 4. The van der Waals surface area contributed by atoms with Crippen LogP contribution in [0.1, 0.15) is 54.9 Å². The number of nitrogens with zero attached hydrogens (tertiary/aromatic N) is 4. The minimum Gasteiger partial charge on any atom is -0.497 e. The minimum atomic E-state index is -0.121. The third-order valence-corrected chi connectivity index (χ3v) is 5.80. The molecule has 1 saturated heterocycles. The summed E-state index contributed by atoms with van der Waals surface area (Å²) in [6.07, 6.45) is 3.22. The second-order valence-corrected chi connectivity index (χ2v) is 7.70. The van der Waals surface area contributed by atoms with Gasteiger partial charge in [-0.25, -0.2) is 9.97 Å². The summed E-state index contributed by atoms with van der Waals surface area (Å²) in [6, 6.07) is 7.57. The van der Waals surface area contributed by atoms with E-state index in [0.29, 0.717) is 24.6 Å². The smallest absolute Gasteiger partial charge is 0.233 e. The van der Waals surface area contributed by atoms with Gasteiger partial charge in [0.1, 0.15) is 11.6 Å². The van der Waals surface area contributed by atoms with E-state index in [1.165, 1.54) is 0 Å². The molecule has 1 aromatic heterocycles. The van der Waals surface area contributed by atoms with E-state index in [1.54, 1.807) is 18.9 Å². The summed E-state index contributed by atoms with van der Waals surface area (Å²) in [5, 5.41) is 0. The van der Waals surface area contributed by atoms with Gasteiger partial charge in [0.2, 0.25) is 11.8 Å². The molecule has 29 heavy (non-hydrogen) atoms. The summed E-state index contributed by atoms with van der Waals surface area (Å²) in [7, 11) is 1.63. The maximum atomic E-state index is 12.7. The van der Waals surface area contributed by atoms with Crippen molar-refractivity contribution in [2.24, 2.45) is 0 Å². The second kappa shape index (κ2) is 7.81. The number of ether oxygens (including phenoxy) is 1. The molecule has 0 saturated carbocycles. The van der Waals surface area contributed by atoms with E-state index in [2.05, 4.69) is 0 Å². The van der Waals surface area contributed by atoms with Gasteiger partial charge in [-0.15, -0.1) is 0 Å². The number of amides is 2. The Balaban J connectivity index is 1.67. The van der Waals surface area contributed by atoms with Gasteiger partial charge in [0.15, 0.2) is 5.82 Å². The van der Waals surface area contributed by atoms with Crippen LogP contribution in [-0.4, -0.2) is 40.3 Å². The topological polar surface area (TPSA) is 75.6 Å². The van der Waals surface area contributed by atoms with Gasteiger partial charge in [-0.1, -0.05) is 12.1 Å². The highest BCUT2D eigenvalue weighted by molar-refractivity contribution is 6.00. The van der Waals surface area contributed by atoms with Crippen molar-refractivity contribution < 1.29 is 14.3 Å². The van der Waals surface area contributed by atoms with Crippen LogP contribution in [0.2, 0.25) is 0 Å². The second-order valence-electron chi connectivity index (χ2n) is 7.70. The highest BCUT2D eigenvalue weighted by atomic mass is 16.5. The highest BCUT2D eigenvalue weighted by Crippen LogP contribution is 2.35. The Morgan fingerprint density at radius 2 is 1.97 bits per heavy atom. The maximum Gasteiger partial charge on any atom is 0.233 e. The summed E-state index contributed by atoms with van der Waals surface area (Å²) in [6.45, 7) is 4.70. The number of fused-ring (bicyclic) bond motifs is 1. The number of carbonyl (C=O) groups excluding carboxylic acids is 2. The van der Waals surface area contributed by atoms with Gasteiger partial charge < -0.3 is 9.64 Å². The zero-order chi connectivity index (χ0) is 20.5. The molecular formula is C22H26N4O3. The largest absolute Gasteiger partial charge is 0.497 e. The first-order valence-corrected chi connectivity index (χ1v) is 10.1. The Morgan fingerprint density at radius 3 is 2.66 bits per heavy atom. The molecule has 1 fully saturated rings. The number of likely N-dealkylation sites (tertiary alicyclic amines) is 1. The number of hydrogen-bond acceptors (Lipinski definition) is 5. The molecule has 1 atom stereocenters. The number of methoxy groups -OCH3 is 1. The van der Waals surface area contributed by atoms with Crippen LogP contribution < -0.4 is 9.64 Å². The molecule has 0 spiro atoms. The third-order valence-electron chi connectivity index (χ3n) is 5.80. The third kappa shape index (κ3) is 3.69. The van der Waals surface area contributed by atoms with Crippen LogP contribution in [0.5, 0.6) is 5.75 Å². The first kappa shape index (κ1) is 19.4. The molecule has 2 amide bonds. The normalized spacial score (nSPS) is 18.7. The lowest BCUT2D eigenvalue weighted by molar-refractivity contribution is -0.132. The Kier molecular flexibility index (Phi) is 5.22. The highest BCUT2D eigenvalue weighted by Gasteiger charge is 2.34. The van der Waals surface area contributed by atoms with Gasteiger partial charge in [0.25, 0.3) is 0 Å². The number of piperidine rings is 1. The van der Waals surface area contributed by atoms with Crippen LogP contribution in [0.15, 0.2) is 24.3 Å². The first-order chi connectivity index (χ1) is 14.0. The van der Waals surface area contributed by atoms with Crippen LogP contribution in [0, 0.1) is 6.92 Å². The van der Waals surface area contributed by atoms with Crippen LogP contribution in [0.4, 0.5) is 5.82 Å². The van der Waals surface area contributed by atoms with Gasteiger partial charge in [-0.3, -0.25) is 14.5 Å². The average molecular weight is 394 g/mol. The molecule has 1 aromatic carbocycles. The van der Waals surface area contributed by atoms with Crippen molar-refractivity contribution in [3.05, 3.63) is 46.9 Å². The van der Waals surface area contributed by atoms with Crippen LogP contribution in [0.25, 0.3) is 0 Å². The van der Waals surface area contributed by atoms with Crippen molar-refractivity contribution in [3.63, 3.8) is 0 Å². The molecule has 2 aliphatic heterocycles. The molecule has 2 aromatic rings. The minimum absolute atomic E-state index is 0.0254. The molecule has 7 heteroatoms. The Bertz CT molecular complexity index is 942. The van der Waals surface area contributed by atoms with Crippen molar-refractivity contribution in [2.75, 3.05) is 18.6 Å². The van der Waals surface area contributed by atoms with Crippen molar-refractivity contribution in [1.82, 2.24) is 14.9 Å². The lowest BCUT2D eigenvalue weighted by atomic mass is 10.0. The summed E-state index contributed by atoms with van der Waals surface area (Å²) in [5.74, 6) is 2.18. The fourth-order valence-electron chi connectivity index (χ4n) is 4.20. The van der Waals surface area contributed by atoms with Crippen molar-refractivity contribution >= 4 is 17.6 Å². The van der Waals surface area contributed by atoms with Gasteiger partial charge >= 0.3 is 0 Å². The molecular weight excluding hydrogens is 368 g/mol. The van der Waals surface area contributed by atoms with Gasteiger partial charge in [-0.05, 0) is 43.9 Å². The fourth-order valence-corrected chi connectivity index (χ4v) is 4.20. The van der Waals surface area contributed by atoms with Gasteiger partial charge in [0.05, 0.1) is 26.1 Å². The predicted octanol–water partition coefficient (Wildman–Crippen LogP) is 2.96. The number of aromatic nitrogens is 2. The fraction of sp³-hybridized carbons (Fsp3) is 0.455. The Morgan fingerprint density at radius 1 is 1.21 bits per heavy atom. The summed E-state index contributed by atoms with van der Waals surface area (Å²) in [4.78, 5) is 37.9. The van der Waals surface area contributed by atoms with E-state index < -0.39 is 0 Å². The molecule has 0 aliphatic carbocycles.